The Morgan fingerprint density at radius 3 is 2.24 bits per heavy atom. The van der Waals surface area contributed by atoms with Gasteiger partial charge in [-0.3, -0.25) is 4.79 Å². The molecular formula is C21H21FN4O3. The molecular weight excluding hydrogens is 375 g/mol. The van der Waals surface area contributed by atoms with Crippen LogP contribution >= 0.6 is 0 Å². The summed E-state index contributed by atoms with van der Waals surface area (Å²) in [6.07, 6.45) is 0. The van der Waals surface area contributed by atoms with Gasteiger partial charge in [-0.15, -0.1) is 0 Å². The van der Waals surface area contributed by atoms with Crippen molar-refractivity contribution >= 4 is 11.7 Å². The van der Waals surface area contributed by atoms with Gasteiger partial charge in [0.2, 0.25) is 0 Å². The summed E-state index contributed by atoms with van der Waals surface area (Å²) in [5.74, 6) is 0.700. The molecule has 150 valence electrons. The van der Waals surface area contributed by atoms with Crippen molar-refractivity contribution in [2.24, 2.45) is 5.73 Å². The molecule has 7 nitrogen and oxygen atoms in total. The van der Waals surface area contributed by atoms with Crippen LogP contribution in [-0.4, -0.2) is 33.1 Å². The molecule has 0 saturated carbocycles. The van der Waals surface area contributed by atoms with E-state index in [0.29, 0.717) is 28.7 Å². The molecule has 0 aliphatic heterocycles. The van der Waals surface area contributed by atoms with Gasteiger partial charge in [0, 0.05) is 18.2 Å². The van der Waals surface area contributed by atoms with E-state index in [1.807, 2.05) is 0 Å². The second kappa shape index (κ2) is 8.24. The largest absolute Gasteiger partial charge is 0.457 e. The summed E-state index contributed by atoms with van der Waals surface area (Å²) in [4.78, 5) is 20.2. The molecule has 0 bridgehead atoms. The van der Waals surface area contributed by atoms with Crippen molar-refractivity contribution in [2.45, 2.75) is 19.4 Å². The van der Waals surface area contributed by atoms with Crippen molar-refractivity contribution in [1.82, 2.24) is 9.97 Å². The van der Waals surface area contributed by atoms with Crippen LogP contribution < -0.4 is 15.8 Å². The zero-order chi connectivity index (χ0) is 21.0. The molecule has 0 saturated heterocycles. The second-order valence-corrected chi connectivity index (χ2v) is 7.07. The van der Waals surface area contributed by atoms with E-state index < -0.39 is 11.5 Å². The van der Waals surface area contributed by atoms with Gasteiger partial charge in [-0.2, -0.15) is 0 Å². The van der Waals surface area contributed by atoms with Crippen molar-refractivity contribution in [3.05, 3.63) is 66.1 Å². The van der Waals surface area contributed by atoms with E-state index in [2.05, 4.69) is 15.3 Å². The highest BCUT2D eigenvalue weighted by Gasteiger charge is 2.15. The third-order valence-electron chi connectivity index (χ3n) is 3.84. The third kappa shape index (κ3) is 5.73. The van der Waals surface area contributed by atoms with E-state index in [1.165, 1.54) is 30.3 Å². The lowest BCUT2D eigenvalue weighted by atomic mass is 10.1. The molecule has 0 unspecified atom stereocenters. The first-order chi connectivity index (χ1) is 13.7. The Labute approximate surface area is 167 Å². The van der Waals surface area contributed by atoms with Gasteiger partial charge in [-0.25, -0.2) is 14.4 Å². The number of carbonyl (C=O) groups excluding carboxylic acids is 1. The minimum absolute atomic E-state index is 0.0554. The number of aromatic nitrogens is 2. The Morgan fingerprint density at radius 1 is 1.10 bits per heavy atom. The fraction of sp³-hybridized carbons (Fsp3) is 0.190. The summed E-state index contributed by atoms with van der Waals surface area (Å²) in [6.45, 7) is 3.53. The SMILES string of the molecule is CC(C)(O)CNc1cc(C(N)=O)nc(-c2ccc(Oc3ccc(F)cc3)cc2)n1. The lowest BCUT2D eigenvalue weighted by Gasteiger charge is -2.18. The van der Waals surface area contributed by atoms with Crippen molar-refractivity contribution < 1.29 is 19.0 Å². The van der Waals surface area contributed by atoms with E-state index in [1.54, 1.807) is 38.1 Å². The van der Waals surface area contributed by atoms with E-state index >= 15 is 0 Å². The Bertz CT molecular complexity index is 1000. The number of ether oxygens (including phenoxy) is 1. The number of nitrogens with two attached hydrogens (primary N) is 1. The molecule has 1 heterocycles. The van der Waals surface area contributed by atoms with E-state index in [4.69, 9.17) is 10.5 Å². The van der Waals surface area contributed by atoms with E-state index in [-0.39, 0.29) is 18.1 Å². The fourth-order valence-electron chi connectivity index (χ4n) is 2.41. The number of hydrogen-bond donors (Lipinski definition) is 3. The normalized spacial score (nSPS) is 11.2. The lowest BCUT2D eigenvalue weighted by Crippen LogP contribution is -2.29. The summed E-state index contributed by atoms with van der Waals surface area (Å²) in [5, 5.41) is 12.9. The van der Waals surface area contributed by atoms with Crippen LogP contribution in [0.2, 0.25) is 0 Å². The van der Waals surface area contributed by atoms with Crippen LogP contribution in [0.4, 0.5) is 10.2 Å². The molecule has 0 atom stereocenters. The Kier molecular flexibility index (Phi) is 5.74. The number of halogens is 1. The molecule has 8 heteroatoms. The summed E-state index contributed by atoms with van der Waals surface area (Å²) in [7, 11) is 0. The third-order valence-corrected chi connectivity index (χ3v) is 3.84. The van der Waals surface area contributed by atoms with Crippen LogP contribution in [0.15, 0.2) is 54.6 Å². The maximum Gasteiger partial charge on any atom is 0.267 e. The van der Waals surface area contributed by atoms with Gasteiger partial charge in [0.25, 0.3) is 5.91 Å². The first-order valence-corrected chi connectivity index (χ1v) is 8.89. The van der Waals surface area contributed by atoms with Gasteiger partial charge in [-0.1, -0.05) is 0 Å². The molecule has 3 rings (SSSR count). The van der Waals surface area contributed by atoms with Gasteiger partial charge in [0.05, 0.1) is 5.60 Å². The minimum Gasteiger partial charge on any atom is -0.457 e. The van der Waals surface area contributed by atoms with Crippen molar-refractivity contribution in [3.8, 4) is 22.9 Å². The molecule has 1 amide bonds. The number of rotatable bonds is 7. The number of aliphatic hydroxyl groups is 1. The molecule has 0 aliphatic rings. The molecule has 0 radical (unpaired) electrons. The lowest BCUT2D eigenvalue weighted by molar-refractivity contribution is 0.0944. The van der Waals surface area contributed by atoms with Crippen molar-refractivity contribution in [1.29, 1.82) is 0 Å². The molecule has 0 aliphatic carbocycles. The van der Waals surface area contributed by atoms with Gasteiger partial charge in [-0.05, 0) is 62.4 Å². The number of nitrogens with one attached hydrogen (secondary N) is 1. The monoisotopic (exact) mass is 396 g/mol. The van der Waals surface area contributed by atoms with Gasteiger partial charge < -0.3 is 20.9 Å². The highest BCUT2D eigenvalue weighted by atomic mass is 19.1. The second-order valence-electron chi connectivity index (χ2n) is 7.07. The van der Waals surface area contributed by atoms with Gasteiger partial charge in [0.1, 0.15) is 28.8 Å². The molecule has 29 heavy (non-hydrogen) atoms. The first kappa shape index (κ1) is 20.2. The van der Waals surface area contributed by atoms with Gasteiger partial charge in [0.15, 0.2) is 5.82 Å². The van der Waals surface area contributed by atoms with Crippen molar-refractivity contribution in [3.63, 3.8) is 0 Å². The number of benzene rings is 2. The number of nitrogens with zero attached hydrogens (tertiary/aromatic N) is 2. The zero-order valence-electron chi connectivity index (χ0n) is 16.0. The minimum atomic E-state index is -0.961. The summed E-state index contributed by atoms with van der Waals surface area (Å²) in [5.41, 5.74) is 5.12. The summed E-state index contributed by atoms with van der Waals surface area (Å²) >= 11 is 0. The number of hydrogen-bond acceptors (Lipinski definition) is 6. The highest BCUT2D eigenvalue weighted by molar-refractivity contribution is 5.92. The summed E-state index contributed by atoms with van der Waals surface area (Å²) < 4.78 is 18.7. The number of anilines is 1. The first-order valence-electron chi connectivity index (χ1n) is 8.89. The molecule has 1 aromatic heterocycles. The molecule has 2 aromatic carbocycles. The number of amides is 1. The maximum atomic E-state index is 13.0. The van der Waals surface area contributed by atoms with Crippen LogP contribution in [0.5, 0.6) is 11.5 Å². The zero-order valence-corrected chi connectivity index (χ0v) is 16.0. The Balaban J connectivity index is 1.83. The standard InChI is InChI=1S/C21H21FN4O3/c1-21(2,28)12-24-18-11-17(19(23)27)25-20(26-18)13-3-7-15(8-4-13)29-16-9-5-14(22)6-10-16/h3-11,28H,12H2,1-2H3,(H2,23,27)(H,24,25,26). The van der Waals surface area contributed by atoms with E-state index in [0.717, 1.165) is 0 Å². The Morgan fingerprint density at radius 2 is 1.69 bits per heavy atom. The van der Waals surface area contributed by atoms with Crippen LogP contribution in [0.25, 0.3) is 11.4 Å². The molecule has 3 aromatic rings. The predicted molar refractivity (Wildman–Crippen MR) is 107 cm³/mol. The number of carbonyl (C=O) groups is 1. The van der Waals surface area contributed by atoms with E-state index in [9.17, 15) is 14.3 Å². The molecule has 4 N–H and O–H groups in total. The smallest absolute Gasteiger partial charge is 0.267 e. The average Bonchev–Trinajstić information content (AvgIpc) is 2.68. The summed E-state index contributed by atoms with van der Waals surface area (Å²) in [6, 6.07) is 14.0. The highest BCUT2D eigenvalue weighted by Crippen LogP contribution is 2.25. The maximum absolute atomic E-state index is 13.0. The quantitative estimate of drug-likeness (QED) is 0.565. The fourth-order valence-corrected chi connectivity index (χ4v) is 2.41. The van der Waals surface area contributed by atoms with Gasteiger partial charge >= 0.3 is 0 Å². The average molecular weight is 396 g/mol. The molecule has 0 fully saturated rings. The number of primary amides is 1. The van der Waals surface area contributed by atoms with Crippen molar-refractivity contribution in [2.75, 3.05) is 11.9 Å². The van der Waals surface area contributed by atoms with Crippen LogP contribution in [-0.2, 0) is 0 Å². The van der Waals surface area contributed by atoms with Crippen LogP contribution in [0.3, 0.4) is 0 Å². The van der Waals surface area contributed by atoms with Crippen LogP contribution in [0, 0.1) is 5.82 Å². The van der Waals surface area contributed by atoms with Crippen LogP contribution in [0.1, 0.15) is 24.3 Å². The molecule has 0 spiro atoms. The Hall–Kier alpha value is -3.52. The predicted octanol–water partition coefficient (Wildman–Crippen LogP) is 3.36. The topological polar surface area (TPSA) is 110 Å².